The Morgan fingerprint density at radius 1 is 1.50 bits per heavy atom. The lowest BCUT2D eigenvalue weighted by Gasteiger charge is -2.29. The predicted octanol–water partition coefficient (Wildman–Crippen LogP) is 1.11. The van der Waals surface area contributed by atoms with Crippen molar-refractivity contribution in [2.24, 2.45) is 11.7 Å². The Labute approximate surface area is 122 Å². The van der Waals surface area contributed by atoms with Crippen molar-refractivity contribution in [3.05, 3.63) is 22.4 Å². The Hall–Kier alpha value is -1.40. The molecule has 1 aliphatic carbocycles. The number of rotatable bonds is 7. The molecule has 110 valence electrons. The van der Waals surface area contributed by atoms with Crippen molar-refractivity contribution < 1.29 is 9.59 Å². The van der Waals surface area contributed by atoms with Gasteiger partial charge < -0.3 is 16.4 Å². The zero-order valence-corrected chi connectivity index (χ0v) is 12.5. The molecule has 1 aromatic rings. The van der Waals surface area contributed by atoms with Crippen LogP contribution >= 0.6 is 11.3 Å². The van der Waals surface area contributed by atoms with E-state index < -0.39 is 0 Å². The normalized spacial score (nSPS) is 17.3. The molecule has 20 heavy (non-hydrogen) atoms. The Kier molecular flexibility index (Phi) is 4.77. The molecule has 0 saturated heterocycles. The van der Waals surface area contributed by atoms with Gasteiger partial charge in [0.25, 0.3) is 5.91 Å². The number of hydrogen-bond acceptors (Lipinski definition) is 4. The van der Waals surface area contributed by atoms with E-state index in [4.69, 9.17) is 5.73 Å². The smallest absolute Gasteiger partial charge is 0.261 e. The van der Waals surface area contributed by atoms with Crippen molar-refractivity contribution in [2.45, 2.75) is 31.7 Å². The summed E-state index contributed by atoms with van der Waals surface area (Å²) in [5.74, 6) is 0.310. The molecule has 5 nitrogen and oxygen atoms in total. The number of carbonyl (C=O) groups is 2. The molecular weight excluding hydrogens is 274 g/mol. The van der Waals surface area contributed by atoms with Crippen LogP contribution in [0, 0.1) is 5.92 Å². The first-order valence-electron chi connectivity index (χ1n) is 6.88. The van der Waals surface area contributed by atoms with Crippen molar-refractivity contribution in [3.63, 3.8) is 0 Å². The van der Waals surface area contributed by atoms with E-state index in [2.05, 4.69) is 10.6 Å². The second-order valence-corrected chi connectivity index (χ2v) is 6.37. The van der Waals surface area contributed by atoms with Crippen molar-refractivity contribution in [3.8, 4) is 0 Å². The maximum Gasteiger partial charge on any atom is 0.261 e. The lowest BCUT2D eigenvalue weighted by molar-refractivity contribution is -0.122. The highest BCUT2D eigenvalue weighted by Crippen LogP contribution is 2.38. The molecule has 4 N–H and O–H groups in total. The third-order valence-corrected chi connectivity index (χ3v) is 4.58. The van der Waals surface area contributed by atoms with Crippen LogP contribution in [0.3, 0.4) is 0 Å². The van der Waals surface area contributed by atoms with Crippen molar-refractivity contribution in [2.75, 3.05) is 13.1 Å². The Morgan fingerprint density at radius 3 is 2.80 bits per heavy atom. The molecule has 0 spiro atoms. The Bertz CT molecular complexity index is 471. The molecule has 0 radical (unpaired) electrons. The van der Waals surface area contributed by atoms with Crippen LogP contribution in [0.2, 0.25) is 0 Å². The van der Waals surface area contributed by atoms with Crippen LogP contribution in [0.15, 0.2) is 17.5 Å². The van der Waals surface area contributed by atoms with Gasteiger partial charge in [0.15, 0.2) is 0 Å². The Balaban J connectivity index is 1.71. The largest absolute Gasteiger partial charge is 0.351 e. The average molecular weight is 295 g/mol. The fraction of sp³-hybridized carbons (Fsp3) is 0.571. The van der Waals surface area contributed by atoms with E-state index >= 15 is 0 Å². The third kappa shape index (κ3) is 3.80. The second kappa shape index (κ2) is 6.37. The summed E-state index contributed by atoms with van der Waals surface area (Å²) < 4.78 is 0. The molecule has 1 saturated carbocycles. The third-order valence-electron chi connectivity index (χ3n) is 3.71. The van der Waals surface area contributed by atoms with Gasteiger partial charge in [0, 0.05) is 19.5 Å². The summed E-state index contributed by atoms with van der Waals surface area (Å²) in [4.78, 5) is 24.3. The van der Waals surface area contributed by atoms with Crippen LogP contribution in [0.4, 0.5) is 0 Å². The number of nitrogens with two attached hydrogens (primary N) is 1. The second-order valence-electron chi connectivity index (χ2n) is 5.43. The van der Waals surface area contributed by atoms with E-state index in [1.165, 1.54) is 11.3 Å². The zero-order valence-electron chi connectivity index (χ0n) is 11.6. The standard InChI is InChI=1S/C14H21N3O2S/c1-14(9-15,10-4-5-10)17-12(18)6-7-16-13(19)11-3-2-8-20-11/h2-3,8,10H,4-7,9,15H2,1H3,(H,16,19)(H,17,18). The first-order chi connectivity index (χ1) is 9.55. The minimum atomic E-state index is -0.297. The maximum absolute atomic E-state index is 11.9. The van der Waals surface area contributed by atoms with Gasteiger partial charge in [0.1, 0.15) is 0 Å². The number of thiophene rings is 1. The van der Waals surface area contributed by atoms with Gasteiger partial charge in [0.2, 0.25) is 5.91 Å². The number of nitrogens with one attached hydrogen (secondary N) is 2. The van der Waals surface area contributed by atoms with Crippen LogP contribution in [0.1, 0.15) is 35.9 Å². The fourth-order valence-electron chi connectivity index (χ4n) is 2.21. The lowest BCUT2D eigenvalue weighted by Crippen LogP contribution is -2.53. The van der Waals surface area contributed by atoms with Crippen LogP contribution < -0.4 is 16.4 Å². The molecule has 1 aliphatic rings. The SMILES string of the molecule is CC(CN)(NC(=O)CCNC(=O)c1cccs1)C1CC1. The molecule has 0 aliphatic heterocycles. The van der Waals surface area contributed by atoms with Gasteiger partial charge in [-0.05, 0) is 37.1 Å². The van der Waals surface area contributed by atoms with E-state index in [9.17, 15) is 9.59 Å². The van der Waals surface area contributed by atoms with Crippen LogP contribution in [-0.2, 0) is 4.79 Å². The number of amides is 2. The highest BCUT2D eigenvalue weighted by Gasteiger charge is 2.41. The van der Waals surface area contributed by atoms with Gasteiger partial charge in [-0.25, -0.2) is 0 Å². The average Bonchev–Trinajstić information content (AvgIpc) is 3.14. The van der Waals surface area contributed by atoms with E-state index in [1.54, 1.807) is 6.07 Å². The number of carbonyl (C=O) groups excluding carboxylic acids is 2. The zero-order chi connectivity index (χ0) is 14.6. The van der Waals surface area contributed by atoms with Gasteiger partial charge >= 0.3 is 0 Å². The Morgan fingerprint density at radius 2 is 2.25 bits per heavy atom. The monoisotopic (exact) mass is 295 g/mol. The molecular formula is C14H21N3O2S. The fourth-order valence-corrected chi connectivity index (χ4v) is 2.85. The topological polar surface area (TPSA) is 84.2 Å². The number of hydrogen-bond donors (Lipinski definition) is 3. The lowest BCUT2D eigenvalue weighted by atomic mass is 9.96. The van der Waals surface area contributed by atoms with Gasteiger partial charge in [-0.15, -0.1) is 11.3 Å². The minimum Gasteiger partial charge on any atom is -0.351 e. The van der Waals surface area contributed by atoms with Gasteiger partial charge in [0.05, 0.1) is 10.4 Å². The molecule has 2 amide bonds. The van der Waals surface area contributed by atoms with Gasteiger partial charge in [-0.2, -0.15) is 0 Å². The van der Waals surface area contributed by atoms with E-state index in [1.807, 2.05) is 18.4 Å². The molecule has 1 aromatic heterocycles. The molecule has 1 heterocycles. The van der Waals surface area contributed by atoms with Crippen molar-refractivity contribution in [1.82, 2.24) is 10.6 Å². The van der Waals surface area contributed by atoms with E-state index in [-0.39, 0.29) is 23.8 Å². The van der Waals surface area contributed by atoms with E-state index in [0.29, 0.717) is 23.9 Å². The minimum absolute atomic E-state index is 0.0590. The summed E-state index contributed by atoms with van der Waals surface area (Å²) >= 11 is 1.39. The molecule has 1 unspecified atom stereocenters. The molecule has 1 atom stereocenters. The first kappa shape index (κ1) is 15.0. The summed E-state index contributed by atoms with van der Waals surface area (Å²) in [5, 5.41) is 7.60. The van der Waals surface area contributed by atoms with Crippen molar-refractivity contribution >= 4 is 23.2 Å². The molecule has 0 bridgehead atoms. The molecule has 1 fully saturated rings. The van der Waals surface area contributed by atoms with Crippen molar-refractivity contribution in [1.29, 1.82) is 0 Å². The molecule has 6 heteroatoms. The molecule has 2 rings (SSSR count). The van der Waals surface area contributed by atoms with Gasteiger partial charge in [-0.1, -0.05) is 6.07 Å². The maximum atomic E-state index is 11.9. The summed E-state index contributed by atoms with van der Waals surface area (Å²) in [6.45, 7) is 2.78. The summed E-state index contributed by atoms with van der Waals surface area (Å²) in [6.07, 6.45) is 2.53. The van der Waals surface area contributed by atoms with Gasteiger partial charge in [-0.3, -0.25) is 9.59 Å². The quantitative estimate of drug-likeness (QED) is 0.704. The highest BCUT2D eigenvalue weighted by atomic mass is 32.1. The predicted molar refractivity (Wildman–Crippen MR) is 79.6 cm³/mol. The summed E-state index contributed by atoms with van der Waals surface area (Å²) in [7, 11) is 0. The summed E-state index contributed by atoms with van der Waals surface area (Å²) in [5.41, 5.74) is 5.46. The summed E-state index contributed by atoms with van der Waals surface area (Å²) in [6, 6.07) is 3.59. The van der Waals surface area contributed by atoms with Crippen LogP contribution in [0.25, 0.3) is 0 Å². The highest BCUT2D eigenvalue weighted by molar-refractivity contribution is 7.12. The van der Waals surface area contributed by atoms with Crippen LogP contribution in [-0.4, -0.2) is 30.4 Å². The first-order valence-corrected chi connectivity index (χ1v) is 7.76. The van der Waals surface area contributed by atoms with Crippen LogP contribution in [0.5, 0.6) is 0 Å². The molecule has 0 aromatic carbocycles. The van der Waals surface area contributed by atoms with E-state index in [0.717, 1.165) is 12.8 Å².